The number of nitrogens with one attached hydrogen (secondary N) is 1. The molecule has 17 heavy (non-hydrogen) atoms. The van der Waals surface area contributed by atoms with Gasteiger partial charge in [-0.05, 0) is 19.4 Å². The molecule has 0 aromatic heterocycles. The summed E-state index contributed by atoms with van der Waals surface area (Å²) < 4.78 is 40.4. The maximum Gasteiger partial charge on any atom is 0.573 e. The number of alkyl halides is 3. The highest BCUT2D eigenvalue weighted by Crippen LogP contribution is 2.26. The van der Waals surface area contributed by atoms with E-state index in [0.717, 1.165) is 6.42 Å². The third kappa shape index (κ3) is 5.08. The molecular formula is C12H16F3NO. The van der Waals surface area contributed by atoms with Crippen molar-refractivity contribution in [1.29, 1.82) is 0 Å². The summed E-state index contributed by atoms with van der Waals surface area (Å²) in [6, 6.07) is 6.41. The van der Waals surface area contributed by atoms with E-state index in [-0.39, 0.29) is 11.8 Å². The van der Waals surface area contributed by atoms with Gasteiger partial charge in [0.25, 0.3) is 0 Å². The fraction of sp³-hybridized carbons (Fsp3) is 0.500. The van der Waals surface area contributed by atoms with Crippen LogP contribution in [-0.4, -0.2) is 12.4 Å². The molecule has 0 aliphatic heterocycles. The first-order valence-corrected chi connectivity index (χ1v) is 5.49. The Bertz CT molecular complexity index is 352. The number of benzene rings is 1. The summed E-state index contributed by atoms with van der Waals surface area (Å²) in [5, 5.41) is 3.13. The van der Waals surface area contributed by atoms with Crippen molar-refractivity contribution in [2.45, 2.75) is 39.2 Å². The van der Waals surface area contributed by atoms with Crippen molar-refractivity contribution in [3.63, 3.8) is 0 Å². The molecule has 2 nitrogen and oxygen atoms in total. The predicted octanol–water partition coefficient (Wildman–Crippen LogP) is 3.47. The molecule has 0 aliphatic carbocycles. The summed E-state index contributed by atoms with van der Waals surface area (Å²) in [5.74, 6) is -0.143. The molecule has 0 bridgehead atoms. The monoisotopic (exact) mass is 247 g/mol. The second-order valence-electron chi connectivity index (χ2n) is 3.85. The molecule has 0 radical (unpaired) electrons. The normalized spacial score (nSPS) is 13.5. The van der Waals surface area contributed by atoms with Crippen molar-refractivity contribution in [2.24, 2.45) is 0 Å². The van der Waals surface area contributed by atoms with E-state index in [1.165, 1.54) is 12.1 Å². The zero-order chi connectivity index (χ0) is 12.9. The van der Waals surface area contributed by atoms with Crippen LogP contribution in [-0.2, 0) is 6.54 Å². The van der Waals surface area contributed by atoms with E-state index in [0.29, 0.717) is 12.1 Å². The lowest BCUT2D eigenvalue weighted by molar-refractivity contribution is -0.274. The average molecular weight is 247 g/mol. The molecule has 0 spiro atoms. The Labute approximate surface area is 98.8 Å². The van der Waals surface area contributed by atoms with Gasteiger partial charge < -0.3 is 10.1 Å². The second-order valence-corrected chi connectivity index (χ2v) is 3.85. The van der Waals surface area contributed by atoms with Crippen molar-refractivity contribution in [2.75, 3.05) is 0 Å². The first kappa shape index (κ1) is 13.8. The molecule has 1 N–H and O–H groups in total. The van der Waals surface area contributed by atoms with Crippen LogP contribution < -0.4 is 10.1 Å². The molecule has 1 atom stereocenters. The molecule has 96 valence electrons. The Hall–Kier alpha value is -1.23. The van der Waals surface area contributed by atoms with Crippen LogP contribution in [0.3, 0.4) is 0 Å². The van der Waals surface area contributed by atoms with Crippen molar-refractivity contribution >= 4 is 0 Å². The van der Waals surface area contributed by atoms with Crippen molar-refractivity contribution in [1.82, 2.24) is 5.32 Å². The van der Waals surface area contributed by atoms with Gasteiger partial charge in [0.15, 0.2) is 0 Å². The highest BCUT2D eigenvalue weighted by Gasteiger charge is 2.31. The topological polar surface area (TPSA) is 21.3 Å². The zero-order valence-electron chi connectivity index (χ0n) is 9.84. The lowest BCUT2D eigenvalue weighted by atomic mass is 10.2. The summed E-state index contributed by atoms with van der Waals surface area (Å²) in [6.07, 6.45) is -3.73. The number of halogens is 3. The van der Waals surface area contributed by atoms with E-state index in [1.807, 2.05) is 13.8 Å². The summed E-state index contributed by atoms with van der Waals surface area (Å²) >= 11 is 0. The molecule has 0 heterocycles. The maximum atomic E-state index is 12.1. The predicted molar refractivity (Wildman–Crippen MR) is 59.7 cm³/mol. The van der Waals surface area contributed by atoms with E-state index < -0.39 is 6.36 Å². The SMILES string of the molecule is CCC(C)NCc1ccccc1OC(F)(F)F. The van der Waals surface area contributed by atoms with Gasteiger partial charge in [0.2, 0.25) is 0 Å². The Morgan fingerprint density at radius 2 is 1.94 bits per heavy atom. The van der Waals surface area contributed by atoms with Crippen molar-refractivity contribution in [3.05, 3.63) is 29.8 Å². The molecule has 0 saturated heterocycles. The number of para-hydroxylation sites is 1. The highest BCUT2D eigenvalue weighted by molar-refractivity contribution is 5.33. The van der Waals surface area contributed by atoms with Gasteiger partial charge in [0.1, 0.15) is 5.75 Å². The van der Waals surface area contributed by atoms with Gasteiger partial charge in [0, 0.05) is 18.2 Å². The summed E-state index contributed by atoms with van der Waals surface area (Å²) in [5.41, 5.74) is 0.505. The Morgan fingerprint density at radius 1 is 1.29 bits per heavy atom. The third-order valence-electron chi connectivity index (χ3n) is 2.45. The third-order valence-corrected chi connectivity index (χ3v) is 2.45. The van der Waals surface area contributed by atoms with Gasteiger partial charge >= 0.3 is 6.36 Å². The number of rotatable bonds is 5. The van der Waals surface area contributed by atoms with Gasteiger partial charge in [-0.2, -0.15) is 0 Å². The summed E-state index contributed by atoms with van der Waals surface area (Å²) in [7, 11) is 0. The second kappa shape index (κ2) is 5.91. The first-order chi connectivity index (χ1) is 7.92. The molecule has 1 unspecified atom stereocenters. The van der Waals surface area contributed by atoms with Gasteiger partial charge in [-0.25, -0.2) is 0 Å². The van der Waals surface area contributed by atoms with Gasteiger partial charge in [-0.3, -0.25) is 0 Å². The fourth-order valence-corrected chi connectivity index (χ4v) is 1.30. The first-order valence-electron chi connectivity index (χ1n) is 5.49. The standard InChI is InChI=1S/C12H16F3NO/c1-3-9(2)16-8-10-6-4-5-7-11(10)17-12(13,14)15/h4-7,9,16H,3,8H2,1-2H3. The van der Waals surface area contributed by atoms with Crippen LogP contribution in [0.1, 0.15) is 25.8 Å². The van der Waals surface area contributed by atoms with Crippen molar-refractivity contribution < 1.29 is 17.9 Å². The zero-order valence-corrected chi connectivity index (χ0v) is 9.84. The van der Waals surface area contributed by atoms with Crippen LogP contribution >= 0.6 is 0 Å². The maximum absolute atomic E-state index is 12.1. The van der Waals surface area contributed by atoms with E-state index in [4.69, 9.17) is 0 Å². The molecule has 0 aliphatic rings. The van der Waals surface area contributed by atoms with Crippen LogP contribution in [0, 0.1) is 0 Å². The van der Waals surface area contributed by atoms with Crippen molar-refractivity contribution in [3.8, 4) is 5.75 Å². The minimum absolute atomic E-state index is 0.143. The Kier molecular flexibility index (Phi) is 4.81. The minimum atomic E-state index is -4.65. The Balaban J connectivity index is 2.71. The van der Waals surface area contributed by atoms with E-state index in [9.17, 15) is 13.2 Å². The van der Waals surface area contributed by atoms with Crippen LogP contribution in [0.4, 0.5) is 13.2 Å². The van der Waals surface area contributed by atoms with Gasteiger partial charge in [0.05, 0.1) is 0 Å². The van der Waals surface area contributed by atoms with Gasteiger partial charge in [-0.1, -0.05) is 25.1 Å². The lowest BCUT2D eigenvalue weighted by Gasteiger charge is -2.15. The fourth-order valence-electron chi connectivity index (χ4n) is 1.30. The van der Waals surface area contributed by atoms with Crippen LogP contribution in [0.2, 0.25) is 0 Å². The summed E-state index contributed by atoms with van der Waals surface area (Å²) in [6.45, 7) is 4.35. The molecule has 1 rings (SSSR count). The van der Waals surface area contributed by atoms with E-state index in [1.54, 1.807) is 12.1 Å². The molecule has 0 saturated carbocycles. The number of ether oxygens (including phenoxy) is 1. The molecule has 0 fully saturated rings. The van der Waals surface area contributed by atoms with Crippen LogP contribution in [0.25, 0.3) is 0 Å². The molecule has 1 aromatic rings. The minimum Gasteiger partial charge on any atom is -0.405 e. The average Bonchev–Trinajstić information content (AvgIpc) is 2.25. The van der Waals surface area contributed by atoms with E-state index in [2.05, 4.69) is 10.1 Å². The van der Waals surface area contributed by atoms with Gasteiger partial charge in [-0.15, -0.1) is 13.2 Å². The molecule has 5 heteroatoms. The number of hydrogen-bond acceptors (Lipinski definition) is 2. The quantitative estimate of drug-likeness (QED) is 0.860. The largest absolute Gasteiger partial charge is 0.573 e. The molecular weight excluding hydrogens is 231 g/mol. The van der Waals surface area contributed by atoms with E-state index >= 15 is 0 Å². The Morgan fingerprint density at radius 3 is 2.53 bits per heavy atom. The van der Waals surface area contributed by atoms with Crippen LogP contribution in [0.5, 0.6) is 5.75 Å². The molecule has 0 amide bonds. The summed E-state index contributed by atoms with van der Waals surface area (Å²) in [4.78, 5) is 0. The number of hydrogen-bond donors (Lipinski definition) is 1. The smallest absolute Gasteiger partial charge is 0.405 e. The highest BCUT2D eigenvalue weighted by atomic mass is 19.4. The molecule has 1 aromatic carbocycles. The lowest BCUT2D eigenvalue weighted by Crippen LogP contribution is -2.25. The van der Waals surface area contributed by atoms with Crippen LogP contribution in [0.15, 0.2) is 24.3 Å².